The van der Waals surface area contributed by atoms with Crippen LogP contribution in [0.4, 0.5) is 5.69 Å². The zero-order valence-electron chi connectivity index (χ0n) is 16.2. The van der Waals surface area contributed by atoms with Crippen LogP contribution in [0.15, 0.2) is 83.3 Å². The van der Waals surface area contributed by atoms with Crippen LogP contribution in [0.1, 0.15) is 45.0 Å². The molecule has 3 aromatic carbocycles. The molecule has 1 N–H and O–H groups in total. The molecule has 1 heterocycles. The molecule has 0 fully saturated rings. The third-order valence-corrected chi connectivity index (χ3v) is 5.97. The van der Waals surface area contributed by atoms with Crippen LogP contribution >= 0.6 is 15.9 Å². The number of anilines is 1. The van der Waals surface area contributed by atoms with Gasteiger partial charge in [-0.25, -0.2) is 0 Å². The molecule has 1 aliphatic heterocycles. The second-order valence-corrected chi connectivity index (χ2v) is 8.34. The molecule has 5 heteroatoms. The summed E-state index contributed by atoms with van der Waals surface area (Å²) in [6.07, 6.45) is 0.188. The van der Waals surface area contributed by atoms with Gasteiger partial charge in [0.25, 0.3) is 0 Å². The van der Waals surface area contributed by atoms with E-state index in [2.05, 4.69) is 21.2 Å². The number of hydrogen-bond donors (Lipinski definition) is 1. The van der Waals surface area contributed by atoms with Crippen LogP contribution in [0.2, 0.25) is 0 Å². The second-order valence-electron chi connectivity index (χ2n) is 7.42. The van der Waals surface area contributed by atoms with Gasteiger partial charge in [-0.15, -0.1) is 0 Å². The Hall–Kier alpha value is -3.05. The van der Waals surface area contributed by atoms with E-state index in [1.165, 1.54) is 0 Å². The minimum atomic E-state index is -0.629. The van der Waals surface area contributed by atoms with E-state index in [9.17, 15) is 14.4 Å². The number of hydrogen-bond acceptors (Lipinski definition) is 3. The zero-order chi connectivity index (χ0) is 21.1. The first-order valence-corrected chi connectivity index (χ1v) is 10.6. The van der Waals surface area contributed by atoms with Gasteiger partial charge in [-0.1, -0.05) is 76.6 Å². The Morgan fingerprint density at radius 1 is 0.967 bits per heavy atom. The molecule has 150 valence electrons. The van der Waals surface area contributed by atoms with E-state index in [-0.39, 0.29) is 30.3 Å². The number of carbonyl (C=O) groups excluding carboxylic acids is 3. The summed E-state index contributed by atoms with van der Waals surface area (Å²) in [5, 5.41) is 2.84. The van der Waals surface area contributed by atoms with E-state index in [0.29, 0.717) is 16.8 Å². The van der Waals surface area contributed by atoms with Crippen LogP contribution in [0.3, 0.4) is 0 Å². The van der Waals surface area contributed by atoms with Gasteiger partial charge in [-0.05, 0) is 23.8 Å². The van der Waals surface area contributed by atoms with E-state index in [0.717, 1.165) is 10.0 Å². The van der Waals surface area contributed by atoms with Gasteiger partial charge < -0.3 is 5.32 Å². The van der Waals surface area contributed by atoms with Crippen LogP contribution < -0.4 is 5.32 Å². The predicted molar refractivity (Wildman–Crippen MR) is 120 cm³/mol. The lowest BCUT2D eigenvalue weighted by Gasteiger charge is -2.25. The summed E-state index contributed by atoms with van der Waals surface area (Å²) in [5.74, 6) is -1.42. The highest BCUT2D eigenvalue weighted by atomic mass is 79.9. The van der Waals surface area contributed by atoms with E-state index in [1.807, 2.05) is 48.5 Å². The average molecular weight is 462 g/mol. The number of ketones is 2. The lowest BCUT2D eigenvalue weighted by Crippen LogP contribution is -2.26. The smallest absolute Gasteiger partial charge is 0.225 e. The zero-order valence-corrected chi connectivity index (χ0v) is 17.8. The van der Waals surface area contributed by atoms with Crippen molar-refractivity contribution in [3.63, 3.8) is 0 Å². The summed E-state index contributed by atoms with van der Waals surface area (Å²) < 4.78 is 0.765. The molecule has 0 bridgehead atoms. The summed E-state index contributed by atoms with van der Waals surface area (Å²) in [6.45, 7) is 0. The summed E-state index contributed by atoms with van der Waals surface area (Å²) in [6, 6.07) is 23.8. The number of benzene rings is 3. The fourth-order valence-electron chi connectivity index (χ4n) is 3.98. The fourth-order valence-corrected chi connectivity index (χ4v) is 4.34. The minimum Gasteiger partial charge on any atom is -0.325 e. The monoisotopic (exact) mass is 461 g/mol. The van der Waals surface area contributed by atoms with Crippen molar-refractivity contribution < 1.29 is 14.4 Å². The first-order valence-electron chi connectivity index (χ1n) is 9.80. The second kappa shape index (κ2) is 8.76. The molecule has 0 aliphatic carbocycles. The third kappa shape index (κ3) is 4.26. The standard InChI is InChI=1S/C25H20BrNO3/c26-18-11-12-22-21(13-18)25(30)20(15-24(29)27-22)19(16-7-3-1-4-8-16)14-23(28)17-9-5-2-6-10-17/h1-13,19-20H,14-15H2,(H,27,29). The maximum Gasteiger partial charge on any atom is 0.225 e. The van der Waals surface area contributed by atoms with E-state index >= 15 is 0 Å². The normalized spacial score (nSPS) is 16.9. The number of Topliss-reactive ketones (excluding diaryl/α,β-unsaturated/α-hetero) is 2. The molecule has 1 aliphatic rings. The molecule has 4 rings (SSSR count). The van der Waals surface area contributed by atoms with E-state index in [1.54, 1.807) is 30.3 Å². The number of nitrogens with one attached hydrogen (secondary N) is 1. The van der Waals surface area contributed by atoms with Crippen molar-refractivity contribution in [2.75, 3.05) is 5.32 Å². The highest BCUT2D eigenvalue weighted by molar-refractivity contribution is 9.10. The number of amides is 1. The molecule has 0 aromatic heterocycles. The fraction of sp³-hybridized carbons (Fsp3) is 0.160. The quantitative estimate of drug-likeness (QED) is 0.499. The molecule has 1 amide bonds. The van der Waals surface area contributed by atoms with Crippen molar-refractivity contribution in [3.05, 3.63) is 100 Å². The minimum absolute atomic E-state index is 0.0345. The van der Waals surface area contributed by atoms with E-state index < -0.39 is 11.8 Å². The molecule has 0 spiro atoms. The topological polar surface area (TPSA) is 63.2 Å². The molecule has 2 unspecified atom stereocenters. The summed E-state index contributed by atoms with van der Waals surface area (Å²) in [7, 11) is 0. The Morgan fingerprint density at radius 2 is 1.63 bits per heavy atom. The van der Waals surface area contributed by atoms with Crippen LogP contribution in [0, 0.1) is 5.92 Å². The maximum atomic E-state index is 13.5. The van der Waals surface area contributed by atoms with Gasteiger partial charge in [-0.2, -0.15) is 0 Å². The summed E-state index contributed by atoms with van der Waals surface area (Å²) in [4.78, 5) is 39.2. The Balaban J connectivity index is 1.75. The average Bonchev–Trinajstić information content (AvgIpc) is 2.89. The lowest BCUT2D eigenvalue weighted by atomic mass is 9.76. The van der Waals surface area contributed by atoms with Crippen LogP contribution in [0.5, 0.6) is 0 Å². The van der Waals surface area contributed by atoms with Crippen molar-refractivity contribution in [1.29, 1.82) is 0 Å². The highest BCUT2D eigenvalue weighted by Crippen LogP contribution is 2.38. The number of fused-ring (bicyclic) bond motifs is 1. The Morgan fingerprint density at radius 3 is 2.33 bits per heavy atom. The molecule has 30 heavy (non-hydrogen) atoms. The van der Waals surface area contributed by atoms with Crippen molar-refractivity contribution in [2.24, 2.45) is 5.92 Å². The molecule has 0 radical (unpaired) electrons. The molecular formula is C25H20BrNO3. The Labute approximate surface area is 183 Å². The molecule has 0 saturated heterocycles. The van der Waals surface area contributed by atoms with E-state index in [4.69, 9.17) is 0 Å². The van der Waals surface area contributed by atoms with Crippen molar-refractivity contribution in [1.82, 2.24) is 0 Å². The molecule has 4 nitrogen and oxygen atoms in total. The van der Waals surface area contributed by atoms with Gasteiger partial charge in [0.1, 0.15) is 0 Å². The summed E-state index contributed by atoms with van der Waals surface area (Å²) >= 11 is 3.41. The van der Waals surface area contributed by atoms with Gasteiger partial charge in [0.2, 0.25) is 5.91 Å². The molecule has 2 atom stereocenters. The van der Waals surface area contributed by atoms with Crippen LogP contribution in [-0.2, 0) is 4.79 Å². The van der Waals surface area contributed by atoms with Gasteiger partial charge in [0.15, 0.2) is 11.6 Å². The van der Waals surface area contributed by atoms with Crippen molar-refractivity contribution in [3.8, 4) is 0 Å². The molecule has 0 saturated carbocycles. The first-order chi connectivity index (χ1) is 14.5. The molecular weight excluding hydrogens is 442 g/mol. The number of carbonyl (C=O) groups is 3. The van der Waals surface area contributed by atoms with Crippen LogP contribution in [0.25, 0.3) is 0 Å². The maximum absolute atomic E-state index is 13.5. The Bertz CT molecular complexity index is 1100. The number of halogens is 1. The first kappa shape index (κ1) is 20.2. The third-order valence-electron chi connectivity index (χ3n) is 5.48. The van der Waals surface area contributed by atoms with Crippen molar-refractivity contribution >= 4 is 39.1 Å². The number of rotatable bonds is 5. The summed E-state index contributed by atoms with van der Waals surface area (Å²) in [5.41, 5.74) is 2.46. The SMILES string of the molecule is O=C1CC(C(CC(=O)c2ccccc2)c2ccccc2)C(=O)c2cc(Br)ccc2N1. The molecule has 3 aromatic rings. The largest absolute Gasteiger partial charge is 0.325 e. The van der Waals surface area contributed by atoms with Crippen LogP contribution in [-0.4, -0.2) is 17.5 Å². The van der Waals surface area contributed by atoms with Gasteiger partial charge in [0.05, 0.1) is 5.69 Å². The van der Waals surface area contributed by atoms with Gasteiger partial charge in [0, 0.05) is 40.3 Å². The Kier molecular flexibility index (Phi) is 5.91. The lowest BCUT2D eigenvalue weighted by molar-refractivity contribution is -0.116. The van der Waals surface area contributed by atoms with Gasteiger partial charge in [-0.3, -0.25) is 14.4 Å². The highest BCUT2D eigenvalue weighted by Gasteiger charge is 2.37. The van der Waals surface area contributed by atoms with Crippen molar-refractivity contribution in [2.45, 2.75) is 18.8 Å². The van der Waals surface area contributed by atoms with Gasteiger partial charge >= 0.3 is 0 Å². The predicted octanol–water partition coefficient (Wildman–Crippen LogP) is 5.65.